The van der Waals surface area contributed by atoms with E-state index in [1.807, 2.05) is 13.0 Å². The molecule has 0 heterocycles. The van der Waals surface area contributed by atoms with Crippen molar-refractivity contribution < 1.29 is 8.42 Å². The van der Waals surface area contributed by atoms with Crippen LogP contribution in [0, 0.1) is 11.3 Å². The van der Waals surface area contributed by atoms with Crippen molar-refractivity contribution in [2.45, 2.75) is 45.9 Å². The first kappa shape index (κ1) is 18.0. The van der Waals surface area contributed by atoms with Crippen molar-refractivity contribution in [3.8, 4) is 0 Å². The lowest BCUT2D eigenvalue weighted by atomic mass is 9.81. The Morgan fingerprint density at radius 1 is 1.19 bits per heavy atom. The topological polar surface area (TPSA) is 58.2 Å². The average molecular weight is 312 g/mol. The van der Waals surface area contributed by atoms with Gasteiger partial charge in [-0.25, -0.2) is 13.1 Å². The second-order valence-electron chi connectivity index (χ2n) is 6.39. The van der Waals surface area contributed by atoms with Gasteiger partial charge in [-0.2, -0.15) is 0 Å². The third-order valence-electron chi connectivity index (χ3n) is 4.02. The highest BCUT2D eigenvalue weighted by molar-refractivity contribution is 7.89. The molecule has 0 atom stereocenters. The van der Waals surface area contributed by atoms with E-state index >= 15 is 0 Å². The molecule has 0 aliphatic carbocycles. The van der Waals surface area contributed by atoms with E-state index in [1.54, 1.807) is 18.2 Å². The van der Waals surface area contributed by atoms with Crippen LogP contribution in [0.15, 0.2) is 29.2 Å². The SMILES string of the molecule is CCCNc1ccccc1S(=O)(=O)NCC(C)(C)C(C)C. The molecular formula is C16H28N2O2S. The quantitative estimate of drug-likeness (QED) is 0.773. The third kappa shape index (κ3) is 5.00. The molecule has 0 aliphatic rings. The highest BCUT2D eigenvalue weighted by Gasteiger charge is 2.26. The number of benzene rings is 1. The highest BCUT2D eigenvalue weighted by atomic mass is 32.2. The van der Waals surface area contributed by atoms with Crippen molar-refractivity contribution in [3.05, 3.63) is 24.3 Å². The van der Waals surface area contributed by atoms with Crippen molar-refractivity contribution in [3.63, 3.8) is 0 Å². The van der Waals surface area contributed by atoms with Gasteiger partial charge in [-0.3, -0.25) is 0 Å². The molecule has 0 aliphatic heterocycles. The van der Waals surface area contributed by atoms with Crippen molar-refractivity contribution in [1.29, 1.82) is 0 Å². The van der Waals surface area contributed by atoms with Gasteiger partial charge in [-0.1, -0.05) is 46.8 Å². The summed E-state index contributed by atoms with van der Waals surface area (Å²) in [6.07, 6.45) is 0.947. The number of para-hydroxylation sites is 1. The van der Waals surface area contributed by atoms with E-state index in [0.717, 1.165) is 13.0 Å². The molecule has 0 fully saturated rings. The van der Waals surface area contributed by atoms with Crippen LogP contribution < -0.4 is 10.0 Å². The Hall–Kier alpha value is -1.07. The van der Waals surface area contributed by atoms with Crippen molar-refractivity contribution in [2.24, 2.45) is 11.3 Å². The fraction of sp³-hybridized carbons (Fsp3) is 0.625. The fourth-order valence-electron chi connectivity index (χ4n) is 1.67. The summed E-state index contributed by atoms with van der Waals surface area (Å²) >= 11 is 0. The predicted octanol–water partition coefficient (Wildman–Crippen LogP) is 3.47. The maximum Gasteiger partial charge on any atom is 0.242 e. The van der Waals surface area contributed by atoms with Gasteiger partial charge in [0, 0.05) is 13.1 Å². The zero-order chi connectivity index (χ0) is 16.1. The number of sulfonamides is 1. The Morgan fingerprint density at radius 3 is 2.38 bits per heavy atom. The monoisotopic (exact) mass is 312 g/mol. The van der Waals surface area contributed by atoms with E-state index in [2.05, 4.69) is 37.7 Å². The molecule has 1 aromatic rings. The minimum absolute atomic E-state index is 0.0845. The molecule has 0 unspecified atom stereocenters. The minimum Gasteiger partial charge on any atom is -0.384 e. The van der Waals surface area contributed by atoms with Crippen LogP contribution in [0.3, 0.4) is 0 Å². The Kier molecular flexibility index (Phi) is 6.23. The van der Waals surface area contributed by atoms with Crippen LogP contribution in [0.1, 0.15) is 41.0 Å². The second-order valence-corrected chi connectivity index (χ2v) is 8.13. The van der Waals surface area contributed by atoms with Crippen LogP contribution in [0.25, 0.3) is 0 Å². The summed E-state index contributed by atoms with van der Waals surface area (Å²) in [5.74, 6) is 0.397. The van der Waals surface area contributed by atoms with E-state index in [9.17, 15) is 8.42 Å². The Balaban J connectivity index is 2.93. The first-order chi connectivity index (χ1) is 9.70. The lowest BCUT2D eigenvalue weighted by Gasteiger charge is -2.29. The van der Waals surface area contributed by atoms with Crippen LogP contribution in [-0.2, 0) is 10.0 Å². The van der Waals surface area contributed by atoms with Gasteiger partial charge in [0.25, 0.3) is 0 Å². The molecule has 0 aromatic heterocycles. The maximum absolute atomic E-state index is 12.5. The Labute approximate surface area is 129 Å². The van der Waals surface area contributed by atoms with E-state index in [1.165, 1.54) is 0 Å². The fourth-order valence-corrected chi connectivity index (χ4v) is 3.07. The number of hydrogen-bond acceptors (Lipinski definition) is 3. The van der Waals surface area contributed by atoms with Crippen molar-refractivity contribution >= 4 is 15.7 Å². The van der Waals surface area contributed by atoms with Crippen LogP contribution in [0.5, 0.6) is 0 Å². The largest absolute Gasteiger partial charge is 0.384 e. The summed E-state index contributed by atoms with van der Waals surface area (Å²) in [6.45, 7) is 11.6. The van der Waals surface area contributed by atoms with E-state index < -0.39 is 10.0 Å². The first-order valence-corrected chi connectivity index (χ1v) is 9.01. The summed E-state index contributed by atoms with van der Waals surface area (Å²) in [4.78, 5) is 0.318. The smallest absolute Gasteiger partial charge is 0.242 e. The highest BCUT2D eigenvalue weighted by Crippen LogP contribution is 2.26. The van der Waals surface area contributed by atoms with Gasteiger partial charge in [-0.15, -0.1) is 0 Å². The molecular weight excluding hydrogens is 284 g/mol. The molecule has 2 N–H and O–H groups in total. The van der Waals surface area contributed by atoms with Gasteiger partial charge in [0.2, 0.25) is 10.0 Å². The number of nitrogens with one attached hydrogen (secondary N) is 2. The zero-order valence-corrected chi connectivity index (χ0v) is 14.5. The van der Waals surface area contributed by atoms with Crippen LogP contribution in [0.4, 0.5) is 5.69 Å². The molecule has 1 aromatic carbocycles. The summed E-state index contributed by atoms with van der Waals surface area (Å²) in [6, 6.07) is 7.04. The molecule has 21 heavy (non-hydrogen) atoms. The van der Waals surface area contributed by atoms with Gasteiger partial charge in [-0.05, 0) is 29.9 Å². The molecule has 4 nitrogen and oxygen atoms in total. The van der Waals surface area contributed by atoms with Crippen LogP contribution in [0.2, 0.25) is 0 Å². The molecule has 0 spiro atoms. The lowest BCUT2D eigenvalue weighted by molar-refractivity contribution is 0.252. The molecule has 0 saturated carbocycles. The molecule has 5 heteroatoms. The summed E-state index contributed by atoms with van der Waals surface area (Å²) in [7, 11) is -3.50. The molecule has 0 radical (unpaired) electrons. The average Bonchev–Trinajstić information content (AvgIpc) is 2.43. The second kappa shape index (κ2) is 7.27. The molecule has 0 saturated heterocycles. The maximum atomic E-state index is 12.5. The van der Waals surface area contributed by atoms with Crippen LogP contribution >= 0.6 is 0 Å². The molecule has 0 bridgehead atoms. The number of anilines is 1. The van der Waals surface area contributed by atoms with Gasteiger partial charge >= 0.3 is 0 Å². The molecule has 1 rings (SSSR count). The normalized spacial score (nSPS) is 12.7. The van der Waals surface area contributed by atoms with Gasteiger partial charge in [0.05, 0.1) is 5.69 Å². The number of hydrogen-bond donors (Lipinski definition) is 2. The first-order valence-electron chi connectivity index (χ1n) is 7.53. The Morgan fingerprint density at radius 2 is 1.81 bits per heavy atom. The Bertz CT molecular complexity index is 551. The van der Waals surface area contributed by atoms with Gasteiger partial charge in [0.1, 0.15) is 4.90 Å². The standard InChI is InChI=1S/C16H28N2O2S/c1-6-11-17-14-9-7-8-10-15(14)21(19,20)18-12-16(4,5)13(2)3/h7-10,13,17-18H,6,11-12H2,1-5H3. The van der Waals surface area contributed by atoms with Gasteiger partial charge < -0.3 is 5.32 Å². The van der Waals surface area contributed by atoms with E-state index in [0.29, 0.717) is 23.0 Å². The zero-order valence-electron chi connectivity index (χ0n) is 13.7. The lowest BCUT2D eigenvalue weighted by Crippen LogP contribution is -2.37. The van der Waals surface area contributed by atoms with E-state index in [-0.39, 0.29) is 5.41 Å². The molecule has 120 valence electrons. The summed E-state index contributed by atoms with van der Waals surface area (Å²) in [5.41, 5.74) is 0.577. The molecule has 0 amide bonds. The minimum atomic E-state index is -3.50. The van der Waals surface area contributed by atoms with Crippen molar-refractivity contribution in [1.82, 2.24) is 4.72 Å². The van der Waals surface area contributed by atoms with E-state index in [4.69, 9.17) is 0 Å². The predicted molar refractivity (Wildman–Crippen MR) is 89.0 cm³/mol. The summed E-state index contributed by atoms with van der Waals surface area (Å²) < 4.78 is 27.8. The van der Waals surface area contributed by atoms with Crippen LogP contribution in [-0.4, -0.2) is 21.5 Å². The third-order valence-corrected chi connectivity index (χ3v) is 5.48. The number of rotatable bonds is 8. The van der Waals surface area contributed by atoms with Gasteiger partial charge in [0.15, 0.2) is 0 Å². The summed E-state index contributed by atoms with van der Waals surface area (Å²) in [5, 5.41) is 3.17. The van der Waals surface area contributed by atoms with Crippen molar-refractivity contribution in [2.75, 3.05) is 18.4 Å².